The Kier molecular flexibility index (Phi) is 5.81. The first-order chi connectivity index (χ1) is 6.87. The monoisotopic (exact) mass is 230 g/mol. The van der Waals surface area contributed by atoms with Gasteiger partial charge < -0.3 is 0 Å². The molecule has 0 saturated carbocycles. The highest BCUT2D eigenvalue weighted by atomic mass is 32.2. The first kappa shape index (κ1) is 13.8. The molecule has 0 heterocycles. The number of rotatable bonds is 2. The van der Waals surface area contributed by atoms with Gasteiger partial charge >= 0.3 is 0 Å². The average Bonchev–Trinajstić information content (AvgIpc) is 2.19. The van der Waals surface area contributed by atoms with E-state index in [2.05, 4.69) is 4.18 Å². The molecule has 15 heavy (non-hydrogen) atoms. The Morgan fingerprint density at radius 3 is 1.80 bits per heavy atom. The van der Waals surface area contributed by atoms with E-state index in [0.29, 0.717) is 0 Å². The lowest BCUT2D eigenvalue weighted by molar-refractivity contribution is 0.101. The molecular formula is C10H14O4S. The lowest BCUT2D eigenvalue weighted by Crippen LogP contribution is -1.95. The van der Waals surface area contributed by atoms with Crippen LogP contribution in [0.15, 0.2) is 30.3 Å². The average molecular weight is 230 g/mol. The topological polar surface area (TPSA) is 60.4 Å². The van der Waals surface area contributed by atoms with Crippen LogP contribution in [0.1, 0.15) is 17.3 Å². The Morgan fingerprint density at radius 1 is 1.20 bits per heavy atom. The second-order valence-electron chi connectivity index (χ2n) is 2.79. The zero-order valence-corrected chi connectivity index (χ0v) is 9.74. The predicted molar refractivity (Wildman–Crippen MR) is 58.3 cm³/mol. The van der Waals surface area contributed by atoms with Gasteiger partial charge in [0.2, 0.25) is 0 Å². The molecule has 0 bridgehead atoms. The van der Waals surface area contributed by atoms with E-state index >= 15 is 0 Å². The van der Waals surface area contributed by atoms with Crippen molar-refractivity contribution in [3.63, 3.8) is 0 Å². The summed E-state index contributed by atoms with van der Waals surface area (Å²) in [6.45, 7) is 1.56. The fourth-order valence-corrected chi connectivity index (χ4v) is 0.673. The van der Waals surface area contributed by atoms with Gasteiger partial charge in [0.25, 0.3) is 10.1 Å². The van der Waals surface area contributed by atoms with Gasteiger partial charge in [0.1, 0.15) is 0 Å². The molecule has 0 atom stereocenters. The minimum atomic E-state index is -3.16. The van der Waals surface area contributed by atoms with E-state index in [1.165, 1.54) is 0 Å². The van der Waals surface area contributed by atoms with E-state index in [1.807, 2.05) is 30.3 Å². The molecule has 0 unspecified atom stereocenters. The summed E-state index contributed by atoms with van der Waals surface area (Å²) in [5.41, 5.74) is 0.775. The maximum Gasteiger partial charge on any atom is 0.264 e. The molecule has 0 radical (unpaired) electrons. The standard InChI is InChI=1S/C8H8O.C2H6O3S/c1-7(9)8-5-3-2-4-6-8;1-5-6(2,3)4/h2-6H,1H3;1-2H3. The van der Waals surface area contributed by atoms with Gasteiger partial charge in [-0.2, -0.15) is 8.42 Å². The van der Waals surface area contributed by atoms with Crippen LogP contribution in [0.4, 0.5) is 0 Å². The third kappa shape index (κ3) is 7.84. The molecule has 0 aliphatic heterocycles. The van der Waals surface area contributed by atoms with Crippen molar-refractivity contribution in [3.05, 3.63) is 35.9 Å². The largest absolute Gasteiger partial charge is 0.295 e. The zero-order chi connectivity index (χ0) is 11.9. The van der Waals surface area contributed by atoms with Crippen LogP contribution in [-0.2, 0) is 14.3 Å². The van der Waals surface area contributed by atoms with Crippen LogP contribution in [0.3, 0.4) is 0 Å². The van der Waals surface area contributed by atoms with E-state index in [4.69, 9.17) is 0 Å². The Morgan fingerprint density at radius 2 is 1.60 bits per heavy atom. The van der Waals surface area contributed by atoms with Crippen LogP contribution in [0.2, 0.25) is 0 Å². The van der Waals surface area contributed by atoms with Crippen molar-refractivity contribution < 1.29 is 17.4 Å². The van der Waals surface area contributed by atoms with Gasteiger partial charge in [-0.15, -0.1) is 0 Å². The summed E-state index contributed by atoms with van der Waals surface area (Å²) in [6.07, 6.45) is 0.993. The van der Waals surface area contributed by atoms with Gasteiger partial charge in [-0.1, -0.05) is 30.3 Å². The van der Waals surface area contributed by atoms with Crippen molar-refractivity contribution in [2.75, 3.05) is 13.4 Å². The molecule has 0 N–H and O–H groups in total. The van der Waals surface area contributed by atoms with E-state index in [0.717, 1.165) is 18.9 Å². The molecule has 5 heteroatoms. The number of carbonyl (C=O) groups is 1. The van der Waals surface area contributed by atoms with Crippen LogP contribution in [0, 0.1) is 0 Å². The third-order valence-electron chi connectivity index (χ3n) is 1.48. The van der Waals surface area contributed by atoms with E-state index in [9.17, 15) is 13.2 Å². The van der Waals surface area contributed by atoms with Gasteiger partial charge in [-0.3, -0.25) is 8.98 Å². The fraction of sp³-hybridized carbons (Fsp3) is 0.300. The molecule has 0 saturated heterocycles. The Balaban J connectivity index is 0.000000288. The van der Waals surface area contributed by atoms with E-state index < -0.39 is 10.1 Å². The summed E-state index contributed by atoms with van der Waals surface area (Å²) in [5.74, 6) is 0.121. The smallest absolute Gasteiger partial charge is 0.264 e. The summed E-state index contributed by atoms with van der Waals surface area (Å²) in [6, 6.07) is 9.23. The van der Waals surface area contributed by atoms with Crippen molar-refractivity contribution in [1.29, 1.82) is 0 Å². The summed E-state index contributed by atoms with van der Waals surface area (Å²) in [5, 5.41) is 0. The third-order valence-corrected chi connectivity index (χ3v) is 2.09. The van der Waals surface area contributed by atoms with Crippen molar-refractivity contribution in [1.82, 2.24) is 0 Å². The summed E-state index contributed by atoms with van der Waals surface area (Å²) >= 11 is 0. The maximum absolute atomic E-state index is 10.6. The highest BCUT2D eigenvalue weighted by Gasteiger charge is 1.92. The van der Waals surface area contributed by atoms with Crippen molar-refractivity contribution >= 4 is 15.9 Å². The SMILES string of the molecule is CC(=O)c1ccccc1.COS(C)(=O)=O. The number of hydrogen-bond acceptors (Lipinski definition) is 4. The van der Waals surface area contributed by atoms with E-state index in [-0.39, 0.29) is 5.78 Å². The summed E-state index contributed by atoms with van der Waals surface area (Å²) in [4.78, 5) is 10.6. The number of hydrogen-bond donors (Lipinski definition) is 0. The van der Waals surface area contributed by atoms with E-state index in [1.54, 1.807) is 6.92 Å². The predicted octanol–water partition coefficient (Wildman–Crippen LogP) is 1.48. The highest BCUT2D eigenvalue weighted by molar-refractivity contribution is 7.85. The molecular weight excluding hydrogens is 216 g/mol. The summed E-state index contributed by atoms with van der Waals surface area (Å²) in [7, 11) is -2.04. The van der Waals surface area contributed by atoms with Gasteiger partial charge in [0.15, 0.2) is 5.78 Å². The van der Waals surface area contributed by atoms with Gasteiger partial charge in [-0.25, -0.2) is 0 Å². The number of carbonyl (C=O) groups excluding carboxylic acids is 1. The normalized spacial score (nSPS) is 10.1. The molecule has 0 aliphatic carbocycles. The van der Waals surface area contributed by atoms with Crippen molar-refractivity contribution in [3.8, 4) is 0 Å². The van der Waals surface area contributed by atoms with Crippen LogP contribution >= 0.6 is 0 Å². The molecule has 0 spiro atoms. The van der Waals surface area contributed by atoms with Crippen LogP contribution in [-0.4, -0.2) is 27.6 Å². The Hall–Kier alpha value is -1.20. The molecule has 0 aromatic heterocycles. The highest BCUT2D eigenvalue weighted by Crippen LogP contribution is 1.97. The molecule has 4 nitrogen and oxygen atoms in total. The van der Waals surface area contributed by atoms with Gasteiger partial charge in [-0.05, 0) is 6.92 Å². The zero-order valence-electron chi connectivity index (χ0n) is 8.93. The lowest BCUT2D eigenvalue weighted by Gasteiger charge is -1.89. The molecule has 1 rings (SSSR count). The van der Waals surface area contributed by atoms with Crippen molar-refractivity contribution in [2.45, 2.75) is 6.92 Å². The number of ketones is 1. The van der Waals surface area contributed by atoms with Gasteiger partial charge in [0, 0.05) is 5.56 Å². The van der Waals surface area contributed by atoms with Gasteiger partial charge in [0.05, 0.1) is 13.4 Å². The number of benzene rings is 1. The molecule has 84 valence electrons. The quantitative estimate of drug-likeness (QED) is 0.570. The molecule has 0 fully saturated rings. The van der Waals surface area contributed by atoms with Crippen molar-refractivity contribution in [2.24, 2.45) is 0 Å². The fourth-order valence-electron chi connectivity index (χ4n) is 0.673. The molecule has 0 amide bonds. The van der Waals surface area contributed by atoms with Crippen LogP contribution < -0.4 is 0 Å². The molecule has 1 aromatic carbocycles. The molecule has 0 aliphatic rings. The Labute approximate surface area is 90.0 Å². The Bertz CT molecular complexity index is 395. The second kappa shape index (κ2) is 6.31. The summed E-state index contributed by atoms with van der Waals surface area (Å²) < 4.78 is 23.5. The maximum atomic E-state index is 10.6. The minimum absolute atomic E-state index is 0.121. The number of Topliss-reactive ketones (excluding diaryl/α,β-unsaturated/α-hetero) is 1. The van der Waals surface area contributed by atoms with Crippen LogP contribution in [0.25, 0.3) is 0 Å². The second-order valence-corrected chi connectivity index (χ2v) is 4.53. The van der Waals surface area contributed by atoms with Crippen LogP contribution in [0.5, 0.6) is 0 Å². The molecule has 1 aromatic rings. The first-order valence-corrected chi connectivity index (χ1v) is 6.00. The lowest BCUT2D eigenvalue weighted by atomic mass is 10.2. The minimum Gasteiger partial charge on any atom is -0.295 e. The first-order valence-electron chi connectivity index (χ1n) is 4.18.